The number of carbonyl (C=O) groups is 2. The molecule has 1 unspecified atom stereocenters. The monoisotopic (exact) mass is 306 g/mol. The number of benzene rings is 1. The van der Waals surface area contributed by atoms with E-state index in [0.717, 1.165) is 18.6 Å². The van der Waals surface area contributed by atoms with Gasteiger partial charge in [-0.1, -0.05) is 44.8 Å². The Hall–Kier alpha value is -1.88. The molecular weight excluding hydrogens is 284 g/mol. The molecule has 0 aliphatic rings. The van der Waals surface area contributed by atoms with Gasteiger partial charge in [-0.05, 0) is 18.6 Å². The zero-order valence-electron chi connectivity index (χ0n) is 13.0. The van der Waals surface area contributed by atoms with Crippen LogP contribution in [0.3, 0.4) is 0 Å². The van der Waals surface area contributed by atoms with E-state index in [-0.39, 0.29) is 5.73 Å². The van der Waals surface area contributed by atoms with Crippen LogP contribution in [0.1, 0.15) is 13.3 Å². The summed E-state index contributed by atoms with van der Waals surface area (Å²) in [5.74, 6) is -0.664. The van der Waals surface area contributed by atoms with Gasteiger partial charge >= 0.3 is 11.9 Å². The first-order valence-corrected chi connectivity index (χ1v) is 10.6. The van der Waals surface area contributed by atoms with Crippen molar-refractivity contribution in [1.82, 2.24) is 0 Å². The minimum absolute atomic E-state index is 0.0557. The van der Waals surface area contributed by atoms with E-state index in [1.165, 1.54) is 0 Å². The molecule has 1 aromatic carbocycles. The number of hydrogen-bond acceptors (Lipinski definition) is 4. The molecule has 0 aliphatic carbocycles. The zero-order valence-corrected chi connectivity index (χ0v) is 14.0. The first-order chi connectivity index (χ1) is 9.82. The normalized spacial score (nSPS) is 13.0. The molecule has 1 aromatic rings. The fourth-order valence-electron chi connectivity index (χ4n) is 1.83. The predicted molar refractivity (Wildman–Crippen MR) is 84.7 cm³/mol. The molecule has 5 heteroatoms. The number of esters is 2. The predicted octanol–water partition coefficient (Wildman–Crippen LogP) is 3.35. The molecular formula is C16H22O4Si. The molecule has 4 nitrogen and oxygen atoms in total. The summed E-state index contributed by atoms with van der Waals surface area (Å²) in [5, 5.41) is 0. The molecule has 0 fully saturated rings. The number of para-hydroxylation sites is 1. The van der Waals surface area contributed by atoms with Crippen molar-refractivity contribution in [1.29, 1.82) is 0 Å². The average Bonchev–Trinajstić information content (AvgIpc) is 2.42. The quantitative estimate of drug-likeness (QED) is 0.350. The zero-order chi connectivity index (χ0) is 15.9. The first-order valence-electron chi connectivity index (χ1n) is 6.98. The van der Waals surface area contributed by atoms with E-state index >= 15 is 0 Å². The van der Waals surface area contributed by atoms with Gasteiger partial charge in [-0.2, -0.15) is 0 Å². The maximum Gasteiger partial charge on any atom is 0.336 e. The summed E-state index contributed by atoms with van der Waals surface area (Å²) >= 11 is 0. The fraction of sp³-hybridized carbons (Fsp3) is 0.375. The van der Waals surface area contributed by atoms with Gasteiger partial charge in [0, 0.05) is 12.2 Å². The van der Waals surface area contributed by atoms with Gasteiger partial charge in [0.15, 0.2) is 0 Å². The summed E-state index contributed by atoms with van der Waals surface area (Å²) in [6.07, 6.45) is 2.99. The molecule has 0 radical (unpaired) electrons. The molecule has 0 saturated heterocycles. The van der Waals surface area contributed by atoms with Crippen LogP contribution in [0.5, 0.6) is 5.75 Å². The standard InChI is InChI=1S/C16H22O4Si/c1-5-16(21(2,3)4)20-15(18)12-11-14(17)19-13-9-7-6-8-10-13/h6-12,16H,5H2,1-4H3/b12-11+. The second-order valence-electron chi connectivity index (χ2n) is 5.77. The second-order valence-corrected chi connectivity index (χ2v) is 11.1. The molecule has 0 N–H and O–H groups in total. The van der Waals surface area contributed by atoms with Crippen molar-refractivity contribution in [3.63, 3.8) is 0 Å². The smallest absolute Gasteiger partial charge is 0.336 e. The summed E-state index contributed by atoms with van der Waals surface area (Å²) in [6, 6.07) is 8.69. The Balaban J connectivity index is 2.52. The van der Waals surface area contributed by atoms with Gasteiger partial charge in [-0.3, -0.25) is 0 Å². The van der Waals surface area contributed by atoms with Crippen molar-refractivity contribution < 1.29 is 19.1 Å². The van der Waals surface area contributed by atoms with E-state index in [9.17, 15) is 9.59 Å². The Morgan fingerprint density at radius 1 is 1.10 bits per heavy atom. The van der Waals surface area contributed by atoms with Crippen LogP contribution in [0.2, 0.25) is 19.6 Å². The Labute approximate surface area is 126 Å². The third kappa shape index (κ3) is 6.40. The number of carbonyl (C=O) groups excluding carboxylic acids is 2. The highest BCUT2D eigenvalue weighted by molar-refractivity contribution is 6.77. The minimum Gasteiger partial charge on any atom is -0.463 e. The van der Waals surface area contributed by atoms with Crippen molar-refractivity contribution in [3.8, 4) is 5.75 Å². The molecule has 0 heterocycles. The van der Waals surface area contributed by atoms with Gasteiger partial charge in [-0.15, -0.1) is 0 Å². The van der Waals surface area contributed by atoms with Gasteiger partial charge < -0.3 is 9.47 Å². The maximum atomic E-state index is 11.7. The van der Waals surface area contributed by atoms with Gasteiger partial charge in [0.1, 0.15) is 5.75 Å². The van der Waals surface area contributed by atoms with E-state index in [0.29, 0.717) is 5.75 Å². The van der Waals surface area contributed by atoms with Crippen molar-refractivity contribution in [2.24, 2.45) is 0 Å². The van der Waals surface area contributed by atoms with Crippen LogP contribution in [0, 0.1) is 0 Å². The Morgan fingerprint density at radius 3 is 2.19 bits per heavy atom. The molecule has 0 bridgehead atoms. The van der Waals surface area contributed by atoms with Crippen molar-refractivity contribution in [3.05, 3.63) is 42.5 Å². The summed E-state index contributed by atoms with van der Waals surface area (Å²) in [6.45, 7) is 8.41. The Morgan fingerprint density at radius 2 is 1.67 bits per heavy atom. The molecule has 1 rings (SSSR count). The Kier molecular flexibility index (Phi) is 6.36. The second kappa shape index (κ2) is 7.78. The lowest BCUT2D eigenvalue weighted by Gasteiger charge is -2.26. The highest BCUT2D eigenvalue weighted by Gasteiger charge is 2.28. The maximum absolute atomic E-state index is 11.7. The summed E-state index contributed by atoms with van der Waals surface area (Å²) in [5.41, 5.74) is -0.0557. The molecule has 0 saturated carbocycles. The highest BCUT2D eigenvalue weighted by atomic mass is 28.3. The summed E-state index contributed by atoms with van der Waals surface area (Å²) in [4.78, 5) is 23.3. The van der Waals surface area contributed by atoms with Gasteiger partial charge in [-0.25, -0.2) is 9.59 Å². The van der Waals surface area contributed by atoms with E-state index in [2.05, 4.69) is 19.6 Å². The summed E-state index contributed by atoms with van der Waals surface area (Å²) in [7, 11) is -1.56. The van der Waals surface area contributed by atoms with Crippen LogP contribution in [0.15, 0.2) is 42.5 Å². The SMILES string of the molecule is CCC(OC(=O)/C=C/C(=O)Oc1ccccc1)[Si](C)(C)C. The lowest BCUT2D eigenvalue weighted by molar-refractivity contribution is -0.140. The van der Waals surface area contributed by atoms with Crippen LogP contribution < -0.4 is 4.74 Å². The van der Waals surface area contributed by atoms with Crippen LogP contribution >= 0.6 is 0 Å². The summed E-state index contributed by atoms with van der Waals surface area (Å²) < 4.78 is 10.4. The van der Waals surface area contributed by atoms with E-state index < -0.39 is 20.0 Å². The van der Waals surface area contributed by atoms with E-state index in [1.54, 1.807) is 24.3 Å². The van der Waals surface area contributed by atoms with E-state index in [4.69, 9.17) is 9.47 Å². The van der Waals surface area contributed by atoms with Gasteiger partial charge in [0.05, 0.1) is 13.8 Å². The lowest BCUT2D eigenvalue weighted by Crippen LogP contribution is -2.41. The highest BCUT2D eigenvalue weighted by Crippen LogP contribution is 2.15. The van der Waals surface area contributed by atoms with Crippen molar-refractivity contribution in [2.45, 2.75) is 38.7 Å². The van der Waals surface area contributed by atoms with Crippen molar-refractivity contribution in [2.75, 3.05) is 0 Å². The number of ether oxygens (including phenoxy) is 2. The molecule has 0 amide bonds. The number of hydrogen-bond donors (Lipinski definition) is 0. The fourth-order valence-corrected chi connectivity index (χ4v) is 3.52. The third-order valence-electron chi connectivity index (χ3n) is 2.91. The molecule has 0 aromatic heterocycles. The Bertz CT molecular complexity index is 503. The van der Waals surface area contributed by atoms with E-state index in [1.807, 2.05) is 13.0 Å². The van der Waals surface area contributed by atoms with Crippen LogP contribution in [0.25, 0.3) is 0 Å². The lowest BCUT2D eigenvalue weighted by atomic mass is 10.3. The molecule has 21 heavy (non-hydrogen) atoms. The largest absolute Gasteiger partial charge is 0.463 e. The van der Waals surface area contributed by atoms with Crippen LogP contribution in [-0.4, -0.2) is 25.7 Å². The molecule has 1 atom stereocenters. The van der Waals surface area contributed by atoms with Crippen LogP contribution in [-0.2, 0) is 14.3 Å². The van der Waals surface area contributed by atoms with Gasteiger partial charge in [0.2, 0.25) is 0 Å². The van der Waals surface area contributed by atoms with Crippen molar-refractivity contribution >= 4 is 20.0 Å². The molecule has 114 valence electrons. The van der Waals surface area contributed by atoms with Gasteiger partial charge in [0.25, 0.3) is 0 Å². The minimum atomic E-state index is -1.56. The topological polar surface area (TPSA) is 52.6 Å². The molecule has 0 aliphatic heterocycles. The molecule has 0 spiro atoms. The average molecular weight is 306 g/mol. The first kappa shape index (κ1) is 17.2. The van der Waals surface area contributed by atoms with Crippen LogP contribution in [0.4, 0.5) is 0 Å². The number of rotatable bonds is 6. The third-order valence-corrected chi connectivity index (χ3v) is 5.37.